The molecule has 0 atom stereocenters. The molecule has 0 aromatic carbocycles. The fourth-order valence-corrected chi connectivity index (χ4v) is 1.05. The minimum atomic E-state index is 1.22. The van der Waals surface area contributed by atoms with Crippen LogP contribution < -0.4 is 0 Å². The lowest BCUT2D eigenvalue weighted by molar-refractivity contribution is -0.494. The summed E-state index contributed by atoms with van der Waals surface area (Å²) in [6, 6.07) is 0. The van der Waals surface area contributed by atoms with Gasteiger partial charge in [0.2, 0.25) is 0 Å². The zero-order valence-corrected chi connectivity index (χ0v) is 8.27. The van der Waals surface area contributed by atoms with E-state index in [9.17, 15) is 0 Å². The van der Waals surface area contributed by atoms with Gasteiger partial charge in [-0.05, 0) is 12.8 Å². The van der Waals surface area contributed by atoms with Crippen LogP contribution in [0.3, 0.4) is 0 Å². The summed E-state index contributed by atoms with van der Waals surface area (Å²) in [4.78, 5) is 0. The number of hydrogen-bond acceptors (Lipinski definition) is 0. The summed E-state index contributed by atoms with van der Waals surface area (Å²) in [5.74, 6) is 0. The van der Waals surface area contributed by atoms with Crippen molar-refractivity contribution in [2.24, 2.45) is 0 Å². The van der Waals surface area contributed by atoms with E-state index in [4.69, 9.17) is 0 Å². The number of nitrogens with zero attached hydrogens (tertiary/aromatic N) is 1. The lowest BCUT2D eigenvalue weighted by Crippen LogP contribution is -2.08. The first kappa shape index (κ1) is 10.7. The minimum absolute atomic E-state index is 1.22. The Balaban J connectivity index is 3.27. The fourth-order valence-electron chi connectivity index (χ4n) is 1.05. The van der Waals surface area contributed by atoms with Crippen LogP contribution in [0, 0.1) is 0 Å². The van der Waals surface area contributed by atoms with Gasteiger partial charge in [-0.2, -0.15) is 0 Å². The molecule has 66 valence electrons. The van der Waals surface area contributed by atoms with Crippen molar-refractivity contribution < 1.29 is 4.58 Å². The molecule has 0 rings (SSSR count). The predicted octanol–water partition coefficient (Wildman–Crippen LogP) is 2.69. The lowest BCUT2D eigenvalue weighted by Gasteiger charge is -1.95. The third-order valence-electron chi connectivity index (χ3n) is 1.84. The highest BCUT2D eigenvalue weighted by molar-refractivity contribution is 5.50. The molecule has 0 fully saturated rings. The van der Waals surface area contributed by atoms with E-state index in [0.717, 1.165) is 0 Å². The molecule has 0 heterocycles. The van der Waals surface area contributed by atoms with Crippen LogP contribution in [0.25, 0.3) is 0 Å². The van der Waals surface area contributed by atoms with Gasteiger partial charge < -0.3 is 0 Å². The average Bonchev–Trinajstić information content (AvgIpc) is 2.01. The molecule has 0 aromatic heterocycles. The molecule has 0 amide bonds. The van der Waals surface area contributed by atoms with Crippen LogP contribution in [0.1, 0.15) is 46.0 Å². The van der Waals surface area contributed by atoms with Crippen molar-refractivity contribution in [2.75, 3.05) is 13.6 Å². The Bertz CT molecular complexity index is 105. The summed E-state index contributed by atoms with van der Waals surface area (Å²) in [5, 5.41) is 0. The Labute approximate surface area is 71.1 Å². The molecule has 11 heavy (non-hydrogen) atoms. The third kappa shape index (κ3) is 7.57. The summed E-state index contributed by atoms with van der Waals surface area (Å²) in [6.07, 6.45) is 8.82. The van der Waals surface area contributed by atoms with Crippen LogP contribution in [0.15, 0.2) is 0 Å². The lowest BCUT2D eigenvalue weighted by atomic mass is 10.2. The molecule has 0 aliphatic heterocycles. The number of hydrogen-bond donors (Lipinski definition) is 0. The zero-order valence-electron chi connectivity index (χ0n) is 8.27. The van der Waals surface area contributed by atoms with Crippen molar-refractivity contribution in [2.45, 2.75) is 46.0 Å². The molecule has 0 saturated heterocycles. The molecule has 0 N–H and O–H groups in total. The van der Waals surface area contributed by atoms with Crippen LogP contribution >= 0.6 is 0 Å². The van der Waals surface area contributed by atoms with Crippen LogP contribution in [-0.4, -0.2) is 24.4 Å². The first-order valence-electron chi connectivity index (χ1n) is 4.84. The Morgan fingerprint density at radius 1 is 1.09 bits per heavy atom. The van der Waals surface area contributed by atoms with Gasteiger partial charge in [0.25, 0.3) is 0 Å². The van der Waals surface area contributed by atoms with E-state index in [2.05, 4.69) is 31.7 Å². The Morgan fingerprint density at radius 3 is 2.36 bits per heavy atom. The maximum atomic E-state index is 2.32. The Hall–Kier alpha value is -0.330. The van der Waals surface area contributed by atoms with E-state index in [1.54, 1.807) is 0 Å². The van der Waals surface area contributed by atoms with Crippen LogP contribution in [-0.2, 0) is 0 Å². The van der Waals surface area contributed by atoms with Gasteiger partial charge in [0.15, 0.2) is 0 Å². The zero-order chi connectivity index (χ0) is 8.53. The van der Waals surface area contributed by atoms with Crippen molar-refractivity contribution in [3.05, 3.63) is 0 Å². The van der Waals surface area contributed by atoms with Gasteiger partial charge in [0, 0.05) is 12.8 Å². The van der Waals surface area contributed by atoms with E-state index in [1.807, 2.05) is 0 Å². The summed E-state index contributed by atoms with van der Waals surface area (Å²) in [7, 11) is 2.17. The molecule has 1 nitrogen and oxygen atoms in total. The topological polar surface area (TPSA) is 3.01 Å². The van der Waals surface area contributed by atoms with Gasteiger partial charge in [-0.15, -0.1) is 0 Å². The third-order valence-corrected chi connectivity index (χ3v) is 1.84. The Kier molecular flexibility index (Phi) is 7.54. The molecule has 1 heteroatoms. The highest BCUT2D eigenvalue weighted by Crippen LogP contribution is 1.93. The summed E-state index contributed by atoms with van der Waals surface area (Å²) >= 11 is 0. The molecule has 0 radical (unpaired) electrons. The van der Waals surface area contributed by atoms with E-state index in [-0.39, 0.29) is 0 Å². The molecular formula is C10H22N+. The first-order valence-corrected chi connectivity index (χ1v) is 4.84. The smallest absolute Gasteiger partial charge is 0.142 e. The maximum Gasteiger partial charge on any atom is 0.142 e. The molecule has 0 bridgehead atoms. The molecule has 0 saturated carbocycles. The summed E-state index contributed by atoms with van der Waals surface area (Å²) in [5.41, 5.74) is 0. The van der Waals surface area contributed by atoms with Gasteiger partial charge in [0.1, 0.15) is 19.8 Å². The molecule has 0 unspecified atom stereocenters. The predicted molar refractivity (Wildman–Crippen MR) is 51.5 cm³/mol. The second kappa shape index (κ2) is 7.77. The van der Waals surface area contributed by atoms with Gasteiger partial charge >= 0.3 is 0 Å². The van der Waals surface area contributed by atoms with Gasteiger partial charge in [0.05, 0.1) is 0 Å². The van der Waals surface area contributed by atoms with Gasteiger partial charge in [-0.25, -0.2) is 4.58 Å². The quantitative estimate of drug-likeness (QED) is 0.316. The Morgan fingerprint density at radius 2 is 1.82 bits per heavy atom. The maximum absolute atomic E-state index is 2.32. The largest absolute Gasteiger partial charge is 0.242 e. The van der Waals surface area contributed by atoms with Gasteiger partial charge in [-0.1, -0.05) is 20.3 Å². The SMILES string of the molecule is CCCC=[N+](C)CCCCC. The first-order chi connectivity index (χ1) is 5.31. The molecule has 0 aliphatic rings. The van der Waals surface area contributed by atoms with Crippen molar-refractivity contribution >= 4 is 6.21 Å². The molecular weight excluding hydrogens is 134 g/mol. The van der Waals surface area contributed by atoms with Gasteiger partial charge in [-0.3, -0.25) is 0 Å². The number of unbranched alkanes of at least 4 members (excludes halogenated alkanes) is 3. The van der Waals surface area contributed by atoms with Crippen LogP contribution in [0.4, 0.5) is 0 Å². The second-order valence-electron chi connectivity index (χ2n) is 3.16. The van der Waals surface area contributed by atoms with E-state index in [0.29, 0.717) is 0 Å². The van der Waals surface area contributed by atoms with E-state index < -0.39 is 0 Å². The normalized spacial score (nSPS) is 12.1. The van der Waals surface area contributed by atoms with Crippen molar-refractivity contribution in [1.82, 2.24) is 0 Å². The molecule has 0 aliphatic carbocycles. The van der Waals surface area contributed by atoms with Crippen molar-refractivity contribution in [3.8, 4) is 0 Å². The van der Waals surface area contributed by atoms with Crippen LogP contribution in [0.2, 0.25) is 0 Å². The fraction of sp³-hybridized carbons (Fsp3) is 0.900. The van der Waals surface area contributed by atoms with Crippen molar-refractivity contribution in [3.63, 3.8) is 0 Å². The monoisotopic (exact) mass is 156 g/mol. The highest BCUT2D eigenvalue weighted by atomic mass is 14.9. The summed E-state index contributed by atoms with van der Waals surface area (Å²) in [6.45, 7) is 5.69. The average molecular weight is 156 g/mol. The van der Waals surface area contributed by atoms with E-state index >= 15 is 0 Å². The number of rotatable bonds is 6. The van der Waals surface area contributed by atoms with E-state index in [1.165, 1.54) is 38.6 Å². The van der Waals surface area contributed by atoms with Crippen molar-refractivity contribution in [1.29, 1.82) is 0 Å². The van der Waals surface area contributed by atoms with Crippen LogP contribution in [0.5, 0.6) is 0 Å². The minimum Gasteiger partial charge on any atom is -0.242 e. The standard InChI is InChI=1S/C10H22N/c1-4-6-8-10-11(3)9-7-5-2/h9H,4-8,10H2,1-3H3/q+1. The molecule has 0 aromatic rings. The summed E-state index contributed by atoms with van der Waals surface area (Å²) < 4.78 is 2.32. The molecule has 0 spiro atoms. The second-order valence-corrected chi connectivity index (χ2v) is 3.16. The highest BCUT2D eigenvalue weighted by Gasteiger charge is 1.93.